The van der Waals surface area contributed by atoms with Crippen molar-refractivity contribution in [2.45, 2.75) is 104 Å². The quantitative estimate of drug-likeness (QED) is 0.0817. The molecule has 0 saturated carbocycles. The molecule has 0 spiro atoms. The zero-order valence-corrected chi connectivity index (χ0v) is 38.5. The third-order valence-corrected chi connectivity index (χ3v) is 12.0. The summed E-state index contributed by atoms with van der Waals surface area (Å²) in [5.74, 6) is -0.485. The molecule has 0 bridgehead atoms. The average molecular weight is 898 g/mol. The van der Waals surface area contributed by atoms with Crippen molar-refractivity contribution in [3.8, 4) is 0 Å². The molecule has 4 amide bonds. The Balaban J connectivity index is 0.977. The zero-order chi connectivity index (χ0) is 47.0. The maximum absolute atomic E-state index is 14.1. The molecule has 346 valence electrons. The van der Waals surface area contributed by atoms with Gasteiger partial charge in [-0.2, -0.15) is 0 Å². The van der Waals surface area contributed by atoms with E-state index in [2.05, 4.69) is 46.1 Å². The van der Waals surface area contributed by atoms with E-state index in [1.807, 2.05) is 90.1 Å². The number of carbonyl (C=O) groups excluding carboxylic acids is 4. The molecule has 4 heterocycles. The lowest BCUT2D eigenvalue weighted by Crippen LogP contribution is -2.53. The molecule has 0 unspecified atom stereocenters. The van der Waals surface area contributed by atoms with Crippen LogP contribution in [-0.2, 0) is 32.3 Å². The average Bonchev–Trinajstić information content (AvgIpc) is 4.00. The van der Waals surface area contributed by atoms with E-state index in [0.29, 0.717) is 75.1 Å². The Hall–Kier alpha value is -6.97. The number of halogens is 1. The lowest BCUT2D eigenvalue weighted by Gasteiger charge is -2.35. The molecule has 2 saturated heterocycles. The van der Waals surface area contributed by atoms with Crippen molar-refractivity contribution < 1.29 is 23.6 Å². The number of carbonyl (C=O) groups is 4. The van der Waals surface area contributed by atoms with Gasteiger partial charge in [0.15, 0.2) is 0 Å². The van der Waals surface area contributed by atoms with Gasteiger partial charge in [0.1, 0.15) is 30.0 Å². The first kappa shape index (κ1) is 47.0. The lowest BCUT2D eigenvalue weighted by atomic mass is 9.85. The second-order valence-electron chi connectivity index (χ2n) is 19.1. The normalized spacial score (nSPS) is 17.1. The maximum atomic E-state index is 14.1. The molecule has 0 radical (unpaired) electrons. The summed E-state index contributed by atoms with van der Waals surface area (Å²) in [4.78, 5) is 77.8. The van der Waals surface area contributed by atoms with Gasteiger partial charge >= 0.3 is 0 Å². The van der Waals surface area contributed by atoms with Crippen LogP contribution in [0.15, 0.2) is 110 Å². The minimum Gasteiger partial charge on any atom is -0.363 e. The molecule has 3 aromatic carbocycles. The third-order valence-electron chi connectivity index (χ3n) is 12.0. The fourth-order valence-electron chi connectivity index (χ4n) is 8.41. The first-order chi connectivity index (χ1) is 31.5. The Morgan fingerprint density at radius 3 is 1.35 bits per heavy atom. The number of nitrogens with one attached hydrogen (secondary N) is 4. The molecule has 16 heteroatoms. The van der Waals surface area contributed by atoms with Crippen LogP contribution in [0.25, 0.3) is 0 Å². The van der Waals surface area contributed by atoms with Crippen LogP contribution >= 0.6 is 0 Å². The maximum Gasteiger partial charge on any atom is 0.247 e. The molecule has 2 aromatic heterocycles. The first-order valence-corrected chi connectivity index (χ1v) is 22.5. The number of anilines is 5. The van der Waals surface area contributed by atoms with E-state index < -0.39 is 35.0 Å². The van der Waals surface area contributed by atoms with E-state index in [-0.39, 0.29) is 29.4 Å². The summed E-state index contributed by atoms with van der Waals surface area (Å²) in [5.41, 5.74) is 2.98. The SMILES string of the molecule is CC(C)(C)[C@H](Nc1ncccn1)C(=O)N1CCC[C@H]1C(=O)Nc1ccc(CN(Cc2ccc(NC(=O)[C@@H]3CCCN3C(=O)[C@@H](Nc3ncccn3)C(C)(C)C)cc2)c2ccc(F)cc2)cc1. The highest BCUT2D eigenvalue weighted by molar-refractivity contribution is 5.99. The monoisotopic (exact) mass is 897 g/mol. The third kappa shape index (κ3) is 11.8. The zero-order valence-electron chi connectivity index (χ0n) is 38.5. The number of rotatable bonds is 15. The van der Waals surface area contributed by atoms with Gasteiger partial charge in [0.05, 0.1) is 0 Å². The van der Waals surface area contributed by atoms with Crippen molar-refractivity contribution >= 4 is 52.6 Å². The Morgan fingerprint density at radius 1 is 0.606 bits per heavy atom. The van der Waals surface area contributed by atoms with E-state index in [1.165, 1.54) is 12.1 Å². The molecule has 0 aliphatic carbocycles. The number of amides is 4. The summed E-state index contributed by atoms with van der Waals surface area (Å²) in [6.07, 6.45) is 8.98. The van der Waals surface area contributed by atoms with Gasteiger partial charge in [0, 0.05) is 68.0 Å². The van der Waals surface area contributed by atoms with Gasteiger partial charge in [0.2, 0.25) is 35.5 Å². The predicted octanol–water partition coefficient (Wildman–Crippen LogP) is 7.53. The molecule has 2 aliphatic heterocycles. The number of hydrogen-bond donors (Lipinski definition) is 4. The fraction of sp³-hybridized carbons (Fsp3) is 0.400. The van der Waals surface area contributed by atoms with Gasteiger partial charge in [-0.25, -0.2) is 24.3 Å². The first-order valence-electron chi connectivity index (χ1n) is 22.5. The molecule has 4 atom stereocenters. The second kappa shape index (κ2) is 20.5. The summed E-state index contributed by atoms with van der Waals surface area (Å²) < 4.78 is 14.1. The Kier molecular flexibility index (Phi) is 14.6. The minimum absolute atomic E-state index is 0.175. The van der Waals surface area contributed by atoms with Crippen molar-refractivity contribution in [2.75, 3.05) is 39.3 Å². The van der Waals surface area contributed by atoms with Gasteiger partial charge in [-0.05, 0) is 108 Å². The molecule has 4 N–H and O–H groups in total. The molecule has 2 fully saturated rings. The van der Waals surface area contributed by atoms with Crippen LogP contribution in [-0.4, -0.2) is 90.6 Å². The van der Waals surface area contributed by atoms with Gasteiger partial charge in [-0.3, -0.25) is 19.2 Å². The molecular weight excluding hydrogens is 838 g/mol. The van der Waals surface area contributed by atoms with Crippen molar-refractivity contribution in [1.29, 1.82) is 0 Å². The lowest BCUT2D eigenvalue weighted by molar-refractivity contribution is -0.139. The van der Waals surface area contributed by atoms with Crippen LogP contribution in [0.4, 0.5) is 33.3 Å². The minimum atomic E-state index is -0.644. The summed E-state index contributed by atoms with van der Waals surface area (Å²) in [6, 6.07) is 22.3. The van der Waals surface area contributed by atoms with Crippen LogP contribution in [0, 0.1) is 16.6 Å². The van der Waals surface area contributed by atoms with Gasteiger partial charge < -0.3 is 36.0 Å². The summed E-state index contributed by atoms with van der Waals surface area (Å²) in [6.45, 7) is 13.7. The highest BCUT2D eigenvalue weighted by atomic mass is 19.1. The van der Waals surface area contributed by atoms with E-state index in [4.69, 9.17) is 0 Å². The highest BCUT2D eigenvalue weighted by Crippen LogP contribution is 2.31. The molecular formula is C50H60FN11O4. The molecule has 15 nitrogen and oxygen atoms in total. The van der Waals surface area contributed by atoms with Crippen LogP contribution in [0.5, 0.6) is 0 Å². The predicted molar refractivity (Wildman–Crippen MR) is 254 cm³/mol. The van der Waals surface area contributed by atoms with Gasteiger partial charge in [-0.1, -0.05) is 65.8 Å². The van der Waals surface area contributed by atoms with E-state index in [0.717, 1.165) is 16.8 Å². The Bertz CT molecular complexity index is 2280. The standard InChI is InChI=1S/C50H60FN11O4/c1-49(2,3)41(58-47-52-25-9-26-53-47)45(65)61-29-7-11-39(61)43(63)56-36-19-13-33(14-20-36)31-60(38-23-17-35(51)18-24-38)32-34-15-21-37(22-16-34)57-44(64)40-12-8-30-62(40)46(66)42(50(4,5)6)59-48-54-27-10-28-55-48/h9-10,13-28,39-42H,7-8,11-12,29-32H2,1-6H3,(H,56,63)(H,57,64)(H,52,53,58)(H,54,55,59)/t39-,40-,41+,42+/m0/s1. The Labute approximate surface area is 386 Å². The number of aromatic nitrogens is 4. The van der Waals surface area contributed by atoms with E-state index in [9.17, 15) is 23.6 Å². The second-order valence-corrected chi connectivity index (χ2v) is 19.1. The van der Waals surface area contributed by atoms with Gasteiger partial charge in [0.25, 0.3) is 0 Å². The molecule has 66 heavy (non-hydrogen) atoms. The summed E-state index contributed by atoms with van der Waals surface area (Å²) >= 11 is 0. The number of hydrogen-bond acceptors (Lipinski definition) is 11. The van der Waals surface area contributed by atoms with Gasteiger partial charge in [-0.15, -0.1) is 0 Å². The topological polar surface area (TPSA) is 178 Å². The van der Waals surface area contributed by atoms with Crippen LogP contribution in [0.1, 0.15) is 78.4 Å². The summed E-state index contributed by atoms with van der Waals surface area (Å²) in [5, 5.41) is 12.4. The van der Waals surface area contributed by atoms with Crippen LogP contribution in [0.3, 0.4) is 0 Å². The number of likely N-dealkylation sites (tertiary alicyclic amines) is 2. The van der Waals surface area contributed by atoms with Crippen molar-refractivity contribution in [3.05, 3.63) is 127 Å². The van der Waals surface area contributed by atoms with Crippen molar-refractivity contribution in [2.24, 2.45) is 10.8 Å². The largest absolute Gasteiger partial charge is 0.363 e. The molecule has 2 aliphatic rings. The highest BCUT2D eigenvalue weighted by Gasteiger charge is 2.43. The Morgan fingerprint density at radius 2 is 0.985 bits per heavy atom. The van der Waals surface area contributed by atoms with Crippen molar-refractivity contribution in [3.63, 3.8) is 0 Å². The fourth-order valence-corrected chi connectivity index (χ4v) is 8.41. The van der Waals surface area contributed by atoms with E-state index >= 15 is 0 Å². The van der Waals surface area contributed by atoms with Crippen LogP contribution < -0.4 is 26.2 Å². The smallest absolute Gasteiger partial charge is 0.247 e. The summed E-state index contributed by atoms with van der Waals surface area (Å²) in [7, 11) is 0. The number of nitrogens with zero attached hydrogens (tertiary/aromatic N) is 7. The van der Waals surface area contributed by atoms with Crippen molar-refractivity contribution in [1.82, 2.24) is 29.7 Å². The van der Waals surface area contributed by atoms with E-state index in [1.54, 1.807) is 58.9 Å². The number of benzene rings is 3. The molecule has 5 aromatic rings. The molecule has 7 rings (SSSR count). The van der Waals surface area contributed by atoms with Crippen LogP contribution in [0.2, 0.25) is 0 Å².